The van der Waals surface area contributed by atoms with Crippen LogP contribution in [0.25, 0.3) is 0 Å². The summed E-state index contributed by atoms with van der Waals surface area (Å²) in [4.78, 5) is 34.4. The molecule has 0 bridgehead atoms. The second kappa shape index (κ2) is 11.1. The van der Waals surface area contributed by atoms with Crippen molar-refractivity contribution in [2.75, 3.05) is 11.4 Å². The van der Waals surface area contributed by atoms with Crippen LogP contribution in [0.5, 0.6) is 0 Å². The summed E-state index contributed by atoms with van der Waals surface area (Å²) in [5, 5.41) is 4.71. The van der Waals surface area contributed by atoms with Gasteiger partial charge in [-0.3, -0.25) is 9.88 Å². The molecule has 2 aromatic rings. The van der Waals surface area contributed by atoms with Crippen molar-refractivity contribution in [1.29, 1.82) is 0 Å². The lowest BCUT2D eigenvalue weighted by Gasteiger charge is -2.30. The maximum Gasteiger partial charge on any atom is 0.434 e. The number of hydrogen-bond acceptors (Lipinski definition) is 7. The Balaban J connectivity index is 2.36. The van der Waals surface area contributed by atoms with Gasteiger partial charge in [0.05, 0.1) is 12.6 Å². The minimum atomic E-state index is -4.62. The first-order chi connectivity index (χ1) is 15.9. The molecule has 0 fully saturated rings. The predicted molar refractivity (Wildman–Crippen MR) is 129 cm³/mol. The minimum Gasteiger partial charge on any atom is -0.444 e. The van der Waals surface area contributed by atoms with Gasteiger partial charge in [0, 0.05) is 22.2 Å². The molecule has 8 nitrogen and oxygen atoms in total. The van der Waals surface area contributed by atoms with Gasteiger partial charge in [-0.25, -0.2) is 14.6 Å². The Bertz CT molecular complexity index is 1020. The second-order valence-corrected chi connectivity index (χ2v) is 11.4. The van der Waals surface area contributed by atoms with E-state index in [1.54, 1.807) is 46.9 Å². The van der Waals surface area contributed by atoms with Crippen LogP contribution in [0.15, 0.2) is 28.3 Å². The van der Waals surface area contributed by atoms with Crippen molar-refractivity contribution in [2.45, 2.75) is 71.4 Å². The van der Waals surface area contributed by atoms with Crippen LogP contribution in [0.2, 0.25) is 0 Å². The van der Waals surface area contributed by atoms with Crippen LogP contribution in [0, 0.1) is 0 Å². The molecular formula is C22H28BrF3N4O4S. The number of rotatable bonds is 6. The Morgan fingerprint density at radius 1 is 1.11 bits per heavy atom. The van der Waals surface area contributed by atoms with Crippen LogP contribution in [-0.2, 0) is 22.1 Å². The van der Waals surface area contributed by atoms with E-state index in [1.807, 2.05) is 0 Å². The van der Waals surface area contributed by atoms with Gasteiger partial charge in [-0.2, -0.15) is 13.2 Å². The molecule has 194 valence electrons. The van der Waals surface area contributed by atoms with Crippen LogP contribution in [-0.4, -0.2) is 45.9 Å². The number of carbonyl (C=O) groups is 2. The summed E-state index contributed by atoms with van der Waals surface area (Å²) in [5.41, 5.74) is -2.23. The van der Waals surface area contributed by atoms with E-state index in [-0.39, 0.29) is 17.4 Å². The van der Waals surface area contributed by atoms with E-state index < -0.39 is 41.3 Å². The number of nitrogens with zero attached hydrogens (tertiary/aromatic N) is 3. The first-order valence-corrected chi connectivity index (χ1v) is 12.2. The molecule has 0 saturated heterocycles. The summed E-state index contributed by atoms with van der Waals surface area (Å²) in [6, 6.07) is 0.507. The van der Waals surface area contributed by atoms with Gasteiger partial charge in [0.2, 0.25) is 0 Å². The molecule has 0 radical (unpaired) electrons. The first-order valence-electron chi connectivity index (χ1n) is 10.6. The molecule has 13 heteroatoms. The summed E-state index contributed by atoms with van der Waals surface area (Å²) in [6.07, 6.45) is -3.40. The monoisotopic (exact) mass is 580 g/mol. The number of carbonyl (C=O) groups excluding carboxylic acids is 2. The number of amides is 2. The number of hydrogen-bond donors (Lipinski definition) is 1. The van der Waals surface area contributed by atoms with Crippen molar-refractivity contribution in [2.24, 2.45) is 0 Å². The zero-order valence-electron chi connectivity index (χ0n) is 20.2. The topological polar surface area (TPSA) is 93.7 Å². The van der Waals surface area contributed by atoms with Crippen molar-refractivity contribution in [3.05, 3.63) is 39.6 Å². The van der Waals surface area contributed by atoms with Gasteiger partial charge in [0.15, 0.2) is 10.8 Å². The van der Waals surface area contributed by atoms with Gasteiger partial charge in [0.1, 0.15) is 11.2 Å². The Morgan fingerprint density at radius 2 is 1.74 bits per heavy atom. The number of aromatic nitrogens is 2. The normalized spacial score (nSPS) is 13.2. The number of alkyl halides is 3. The molecule has 0 aliphatic carbocycles. The summed E-state index contributed by atoms with van der Waals surface area (Å²) in [5.74, 6) is 0. The van der Waals surface area contributed by atoms with Crippen LogP contribution in [0.1, 0.15) is 52.8 Å². The van der Waals surface area contributed by atoms with Crippen molar-refractivity contribution >= 4 is 44.6 Å². The highest BCUT2D eigenvalue weighted by atomic mass is 79.9. The average molecular weight is 581 g/mol. The molecule has 0 aliphatic heterocycles. The molecule has 1 atom stereocenters. The van der Waals surface area contributed by atoms with Gasteiger partial charge >= 0.3 is 18.4 Å². The van der Waals surface area contributed by atoms with E-state index in [1.165, 1.54) is 28.5 Å². The third-order valence-electron chi connectivity index (χ3n) is 4.04. The Hall–Kier alpha value is -2.41. The van der Waals surface area contributed by atoms with Gasteiger partial charge < -0.3 is 14.8 Å². The average Bonchev–Trinajstić information content (AvgIpc) is 3.16. The highest BCUT2D eigenvalue weighted by Gasteiger charge is 2.35. The number of thiazole rings is 1. The van der Waals surface area contributed by atoms with E-state index in [0.717, 1.165) is 6.20 Å². The lowest BCUT2D eigenvalue weighted by Crippen LogP contribution is -2.49. The van der Waals surface area contributed by atoms with Gasteiger partial charge in [0.25, 0.3) is 0 Å². The molecular weight excluding hydrogens is 553 g/mol. The highest BCUT2D eigenvalue weighted by molar-refractivity contribution is 9.10. The molecule has 0 spiro atoms. The molecule has 0 saturated carbocycles. The Morgan fingerprint density at radius 3 is 2.23 bits per heavy atom. The summed E-state index contributed by atoms with van der Waals surface area (Å²) in [6.45, 7) is 10.1. The van der Waals surface area contributed by atoms with Crippen LogP contribution >= 0.6 is 27.3 Å². The van der Waals surface area contributed by atoms with Gasteiger partial charge in [-0.05, 0) is 75.5 Å². The smallest absolute Gasteiger partial charge is 0.434 e. The largest absolute Gasteiger partial charge is 0.444 e. The standard InChI is InChI=1S/C22H28BrF3N4O4S/c1-20(2,3)33-18(31)29-14(9-13-10-15(23)16(28-11-13)22(24,25)26)12-30(17-27-7-8-35-17)19(32)34-21(4,5)6/h7-8,10-11,14H,9,12H2,1-6H3,(H,29,31)/t14-/m0/s1. The van der Waals surface area contributed by atoms with Crippen LogP contribution in [0.4, 0.5) is 27.9 Å². The van der Waals surface area contributed by atoms with Crippen molar-refractivity contribution in [3.63, 3.8) is 0 Å². The lowest BCUT2D eigenvalue weighted by molar-refractivity contribution is -0.141. The zero-order valence-corrected chi connectivity index (χ0v) is 22.6. The third-order valence-corrected chi connectivity index (χ3v) is 5.44. The van der Waals surface area contributed by atoms with Crippen molar-refractivity contribution in [1.82, 2.24) is 15.3 Å². The second-order valence-electron chi connectivity index (χ2n) is 9.62. The number of anilines is 1. The fourth-order valence-electron chi connectivity index (χ4n) is 2.84. The maximum atomic E-state index is 13.1. The fraction of sp³-hybridized carbons (Fsp3) is 0.545. The summed E-state index contributed by atoms with van der Waals surface area (Å²) in [7, 11) is 0. The SMILES string of the molecule is CC(C)(C)OC(=O)N[C@@H](Cc1cnc(C(F)(F)F)c(Br)c1)CN(C(=O)OC(C)(C)C)c1nccs1. The van der Waals surface area contributed by atoms with E-state index in [2.05, 4.69) is 31.2 Å². The number of nitrogens with one attached hydrogen (secondary N) is 1. The maximum absolute atomic E-state index is 13.1. The van der Waals surface area contributed by atoms with Crippen molar-refractivity contribution in [3.8, 4) is 0 Å². The fourth-order valence-corrected chi connectivity index (χ4v) is 4.10. The quantitative estimate of drug-likeness (QED) is 0.437. The van der Waals surface area contributed by atoms with Crippen LogP contribution in [0.3, 0.4) is 0 Å². The van der Waals surface area contributed by atoms with Gasteiger partial charge in [-0.1, -0.05) is 0 Å². The Kier molecular flexibility index (Phi) is 9.15. The predicted octanol–water partition coefficient (Wildman–Crippen LogP) is 6.20. The minimum absolute atomic E-state index is 0.0493. The van der Waals surface area contributed by atoms with E-state index in [4.69, 9.17) is 9.47 Å². The van der Waals surface area contributed by atoms with Gasteiger partial charge in [-0.15, -0.1) is 11.3 Å². The molecule has 1 N–H and O–H groups in total. The molecule has 0 aliphatic rings. The number of alkyl carbamates (subject to hydrolysis) is 1. The zero-order chi connectivity index (χ0) is 26.6. The van der Waals surface area contributed by atoms with E-state index >= 15 is 0 Å². The molecule has 0 unspecified atom stereocenters. The van der Waals surface area contributed by atoms with E-state index in [9.17, 15) is 22.8 Å². The number of halogens is 4. The molecule has 2 heterocycles. The van der Waals surface area contributed by atoms with Crippen LogP contribution < -0.4 is 10.2 Å². The molecule has 0 aromatic carbocycles. The van der Waals surface area contributed by atoms with E-state index in [0.29, 0.717) is 10.7 Å². The lowest BCUT2D eigenvalue weighted by atomic mass is 10.1. The molecule has 35 heavy (non-hydrogen) atoms. The first kappa shape index (κ1) is 28.8. The molecule has 2 rings (SSSR count). The molecule has 2 aromatic heterocycles. The Labute approximate surface area is 214 Å². The summed E-state index contributed by atoms with van der Waals surface area (Å²) < 4.78 is 49.9. The highest BCUT2D eigenvalue weighted by Crippen LogP contribution is 2.33. The summed E-state index contributed by atoms with van der Waals surface area (Å²) >= 11 is 4.11. The third kappa shape index (κ3) is 9.63. The number of ether oxygens (including phenoxy) is 2. The van der Waals surface area contributed by atoms with Crippen molar-refractivity contribution < 1.29 is 32.2 Å². The molecule has 2 amide bonds. The number of pyridine rings is 1.